The van der Waals surface area contributed by atoms with Gasteiger partial charge in [-0.1, -0.05) is 30.3 Å². The maximum absolute atomic E-state index is 12.7. The number of rotatable bonds is 8. The van der Waals surface area contributed by atoms with E-state index in [-0.39, 0.29) is 11.8 Å². The third kappa shape index (κ3) is 5.64. The molecule has 0 radical (unpaired) electrons. The van der Waals surface area contributed by atoms with Crippen LogP contribution in [0.1, 0.15) is 15.9 Å². The van der Waals surface area contributed by atoms with Crippen molar-refractivity contribution in [1.29, 1.82) is 0 Å². The Kier molecular flexibility index (Phi) is 7.16. The van der Waals surface area contributed by atoms with Gasteiger partial charge in [0.2, 0.25) is 5.91 Å². The van der Waals surface area contributed by atoms with Crippen molar-refractivity contribution >= 4 is 11.8 Å². The molecule has 0 aliphatic carbocycles. The summed E-state index contributed by atoms with van der Waals surface area (Å²) in [5.74, 6) is -0.0254. The van der Waals surface area contributed by atoms with Gasteiger partial charge in [-0.15, -0.1) is 0 Å². The molecule has 150 valence electrons. The lowest BCUT2D eigenvalue weighted by molar-refractivity contribution is -0.122. The van der Waals surface area contributed by atoms with Gasteiger partial charge in [0.15, 0.2) is 0 Å². The molecule has 2 amide bonds. The second-order valence-corrected chi connectivity index (χ2v) is 6.82. The monoisotopic (exact) mass is 385 g/mol. The lowest BCUT2D eigenvalue weighted by atomic mass is 10.2. The smallest absolute Gasteiger partial charge is 0.257 e. The molecule has 1 aromatic heterocycles. The minimum atomic E-state index is -0.0148. The normalized spacial score (nSPS) is 14.8. The van der Waals surface area contributed by atoms with Crippen molar-refractivity contribution in [3.05, 3.63) is 53.9 Å². The van der Waals surface area contributed by atoms with Crippen LogP contribution in [0.5, 0.6) is 0 Å². The fourth-order valence-electron chi connectivity index (χ4n) is 3.17. The second kappa shape index (κ2) is 10.0. The van der Waals surface area contributed by atoms with E-state index in [4.69, 9.17) is 4.74 Å². The number of methoxy groups -OCH3 is 1. The van der Waals surface area contributed by atoms with Crippen LogP contribution in [0.4, 0.5) is 0 Å². The van der Waals surface area contributed by atoms with E-state index in [1.54, 1.807) is 24.2 Å². The third-order valence-corrected chi connectivity index (χ3v) is 4.72. The quantitative estimate of drug-likeness (QED) is 0.668. The van der Waals surface area contributed by atoms with E-state index in [1.165, 1.54) is 0 Å². The van der Waals surface area contributed by atoms with Gasteiger partial charge >= 0.3 is 0 Å². The Balaban J connectivity index is 1.45. The molecule has 0 spiro atoms. The van der Waals surface area contributed by atoms with Crippen molar-refractivity contribution in [3.63, 3.8) is 0 Å². The summed E-state index contributed by atoms with van der Waals surface area (Å²) in [6, 6.07) is 10.0. The van der Waals surface area contributed by atoms with E-state index in [0.717, 1.165) is 5.56 Å². The van der Waals surface area contributed by atoms with Crippen LogP contribution in [-0.2, 0) is 16.1 Å². The van der Waals surface area contributed by atoms with E-state index < -0.39 is 0 Å². The number of carbonyl (C=O) groups excluding carboxylic acids is 2. The number of carbonyl (C=O) groups is 2. The predicted molar refractivity (Wildman–Crippen MR) is 105 cm³/mol. The van der Waals surface area contributed by atoms with Crippen LogP contribution in [-0.4, -0.2) is 84.4 Å². The molecular formula is C20H27N5O3. The number of nitrogens with zero attached hydrogens (tertiary/aromatic N) is 4. The molecule has 2 heterocycles. The first-order chi connectivity index (χ1) is 13.7. The molecular weight excluding hydrogens is 358 g/mol. The molecule has 0 bridgehead atoms. The van der Waals surface area contributed by atoms with Crippen LogP contribution in [0, 0.1) is 0 Å². The van der Waals surface area contributed by atoms with Gasteiger partial charge in [-0.3, -0.25) is 19.2 Å². The maximum atomic E-state index is 12.7. The number of amides is 2. The Morgan fingerprint density at radius 3 is 2.61 bits per heavy atom. The van der Waals surface area contributed by atoms with E-state index in [0.29, 0.717) is 58.0 Å². The lowest BCUT2D eigenvalue weighted by Gasteiger charge is -2.34. The molecule has 1 N–H and O–H groups in total. The first-order valence-electron chi connectivity index (χ1n) is 9.49. The summed E-state index contributed by atoms with van der Waals surface area (Å²) in [7, 11) is 1.60. The Hall–Kier alpha value is -2.71. The number of ether oxygens (including phenoxy) is 1. The molecule has 2 aromatic rings. The van der Waals surface area contributed by atoms with E-state index in [2.05, 4.69) is 15.3 Å². The summed E-state index contributed by atoms with van der Waals surface area (Å²) >= 11 is 0. The van der Waals surface area contributed by atoms with E-state index in [9.17, 15) is 9.59 Å². The molecule has 1 aromatic carbocycles. The van der Waals surface area contributed by atoms with Gasteiger partial charge in [0.05, 0.1) is 31.5 Å². The second-order valence-electron chi connectivity index (χ2n) is 6.82. The molecule has 1 aliphatic heterocycles. The van der Waals surface area contributed by atoms with Crippen molar-refractivity contribution < 1.29 is 14.3 Å². The number of aromatic nitrogens is 2. The highest BCUT2D eigenvalue weighted by Crippen LogP contribution is 2.10. The van der Waals surface area contributed by atoms with Gasteiger partial charge in [0.25, 0.3) is 5.91 Å². The SMILES string of the molecule is COCCNC(=O)CN1CCN(C(=O)c2cnn(Cc3ccccc3)c2)CC1. The fourth-order valence-corrected chi connectivity index (χ4v) is 3.17. The van der Waals surface area contributed by atoms with Crippen LogP contribution >= 0.6 is 0 Å². The largest absolute Gasteiger partial charge is 0.383 e. The van der Waals surface area contributed by atoms with Crippen molar-refractivity contribution in [3.8, 4) is 0 Å². The van der Waals surface area contributed by atoms with Crippen molar-refractivity contribution in [2.75, 3.05) is 53.0 Å². The highest BCUT2D eigenvalue weighted by molar-refractivity contribution is 5.93. The maximum Gasteiger partial charge on any atom is 0.257 e. The average molecular weight is 385 g/mol. The number of hydrogen-bond donors (Lipinski definition) is 1. The Morgan fingerprint density at radius 2 is 1.89 bits per heavy atom. The third-order valence-electron chi connectivity index (χ3n) is 4.72. The van der Waals surface area contributed by atoms with Gasteiger partial charge in [0, 0.05) is 46.0 Å². The average Bonchev–Trinajstić information content (AvgIpc) is 3.17. The van der Waals surface area contributed by atoms with Gasteiger partial charge in [-0.05, 0) is 5.56 Å². The van der Waals surface area contributed by atoms with E-state index in [1.807, 2.05) is 35.2 Å². The number of benzene rings is 1. The number of nitrogens with one attached hydrogen (secondary N) is 1. The molecule has 1 saturated heterocycles. The summed E-state index contributed by atoms with van der Waals surface area (Å²) in [6.07, 6.45) is 3.42. The van der Waals surface area contributed by atoms with Crippen LogP contribution in [0.3, 0.4) is 0 Å². The minimum Gasteiger partial charge on any atom is -0.383 e. The summed E-state index contributed by atoms with van der Waals surface area (Å²) in [4.78, 5) is 28.5. The van der Waals surface area contributed by atoms with Gasteiger partial charge in [0.1, 0.15) is 0 Å². The number of piperazine rings is 1. The molecule has 0 saturated carbocycles. The number of hydrogen-bond acceptors (Lipinski definition) is 5. The molecule has 0 atom stereocenters. The Labute approximate surface area is 165 Å². The molecule has 8 nitrogen and oxygen atoms in total. The summed E-state index contributed by atoms with van der Waals surface area (Å²) in [6.45, 7) is 4.58. The van der Waals surface area contributed by atoms with Crippen molar-refractivity contribution in [2.45, 2.75) is 6.54 Å². The first-order valence-corrected chi connectivity index (χ1v) is 9.49. The highest BCUT2D eigenvalue weighted by atomic mass is 16.5. The molecule has 8 heteroatoms. The van der Waals surface area contributed by atoms with Crippen LogP contribution in [0.15, 0.2) is 42.7 Å². The predicted octanol–water partition coefficient (Wildman–Crippen LogP) is 0.452. The molecule has 1 aliphatic rings. The molecule has 1 fully saturated rings. The summed E-state index contributed by atoms with van der Waals surface area (Å²) in [5, 5.41) is 7.13. The molecule has 28 heavy (non-hydrogen) atoms. The zero-order valence-corrected chi connectivity index (χ0v) is 16.2. The van der Waals surface area contributed by atoms with Gasteiger partial charge in [-0.2, -0.15) is 5.10 Å². The minimum absolute atomic E-state index is 0.0106. The van der Waals surface area contributed by atoms with Crippen LogP contribution < -0.4 is 5.32 Å². The van der Waals surface area contributed by atoms with Gasteiger partial charge < -0.3 is 15.0 Å². The van der Waals surface area contributed by atoms with Crippen molar-refractivity contribution in [2.24, 2.45) is 0 Å². The summed E-state index contributed by atoms with van der Waals surface area (Å²) < 4.78 is 6.70. The van der Waals surface area contributed by atoms with Crippen molar-refractivity contribution in [1.82, 2.24) is 24.9 Å². The molecule has 0 unspecified atom stereocenters. The zero-order valence-electron chi connectivity index (χ0n) is 16.2. The fraction of sp³-hybridized carbons (Fsp3) is 0.450. The first kappa shape index (κ1) is 20.0. The Bertz CT molecular complexity index is 769. The molecule has 3 rings (SSSR count). The lowest BCUT2D eigenvalue weighted by Crippen LogP contribution is -2.51. The van der Waals surface area contributed by atoms with Crippen LogP contribution in [0.2, 0.25) is 0 Å². The Morgan fingerprint density at radius 1 is 1.14 bits per heavy atom. The van der Waals surface area contributed by atoms with E-state index >= 15 is 0 Å². The topological polar surface area (TPSA) is 79.7 Å². The van der Waals surface area contributed by atoms with Crippen LogP contribution in [0.25, 0.3) is 0 Å². The zero-order chi connectivity index (χ0) is 19.8. The van der Waals surface area contributed by atoms with Gasteiger partial charge in [-0.25, -0.2) is 0 Å². The standard InChI is InChI=1S/C20H27N5O3/c1-28-12-7-21-19(26)16-23-8-10-24(11-9-23)20(27)18-13-22-25(15-18)14-17-5-3-2-4-6-17/h2-6,13,15H,7-12,14,16H2,1H3,(H,21,26). The summed E-state index contributed by atoms with van der Waals surface area (Å²) in [5.41, 5.74) is 1.74. The highest BCUT2D eigenvalue weighted by Gasteiger charge is 2.24.